The zero-order valence-corrected chi connectivity index (χ0v) is 20.8. The van der Waals surface area contributed by atoms with Crippen LogP contribution in [0.25, 0.3) is 21.3 Å². The normalized spacial score (nSPS) is 26.2. The summed E-state index contributed by atoms with van der Waals surface area (Å²) in [6, 6.07) is 7.49. The number of fused-ring (bicyclic) bond motifs is 2. The van der Waals surface area contributed by atoms with Crippen LogP contribution in [0.1, 0.15) is 29.7 Å². The fourth-order valence-corrected chi connectivity index (χ4v) is 7.03. The summed E-state index contributed by atoms with van der Waals surface area (Å²) < 4.78 is 21.4. The summed E-state index contributed by atoms with van der Waals surface area (Å²) in [6.07, 6.45) is 2.61. The first-order chi connectivity index (χ1) is 16.9. The first kappa shape index (κ1) is 22.9. The van der Waals surface area contributed by atoms with Crippen molar-refractivity contribution in [3.05, 3.63) is 45.9 Å². The summed E-state index contributed by atoms with van der Waals surface area (Å²) in [7, 11) is 0. The van der Waals surface area contributed by atoms with E-state index in [1.54, 1.807) is 6.20 Å². The predicted octanol–water partition coefficient (Wildman–Crippen LogP) is 4.90. The first-order valence-electron chi connectivity index (χ1n) is 12.0. The lowest BCUT2D eigenvalue weighted by atomic mass is 10.00. The van der Waals surface area contributed by atoms with Crippen molar-refractivity contribution in [2.75, 3.05) is 13.1 Å². The van der Waals surface area contributed by atoms with E-state index in [1.165, 1.54) is 16.2 Å². The number of aryl methyl sites for hydroxylation is 1. The molecule has 0 radical (unpaired) electrons. The Kier molecular flexibility index (Phi) is 5.78. The lowest BCUT2D eigenvalue weighted by Gasteiger charge is -2.20. The van der Waals surface area contributed by atoms with Crippen LogP contribution in [0.2, 0.25) is 5.02 Å². The zero-order chi connectivity index (χ0) is 24.3. The molecule has 2 aromatic heterocycles. The molecule has 4 heterocycles. The molecular formula is C26H25ClFN3O3S. The van der Waals surface area contributed by atoms with E-state index in [0.29, 0.717) is 17.3 Å². The van der Waals surface area contributed by atoms with Crippen molar-refractivity contribution in [3.63, 3.8) is 0 Å². The number of amides is 2. The van der Waals surface area contributed by atoms with E-state index in [-0.39, 0.29) is 36.7 Å². The SMILES string of the molecule is Cc1cc(Cl)cc(-c2ccnc3cc(CN4C(=O)C5CCC[C@H]5C4=O)sc23)c1O[C@@H]1CNC[C@@H]1F. The maximum Gasteiger partial charge on any atom is 0.233 e. The van der Waals surface area contributed by atoms with Crippen molar-refractivity contribution in [1.29, 1.82) is 0 Å². The number of thiophene rings is 1. The van der Waals surface area contributed by atoms with Crippen molar-refractivity contribution in [3.8, 4) is 16.9 Å². The molecule has 1 saturated carbocycles. The Morgan fingerprint density at radius 1 is 1.17 bits per heavy atom. The largest absolute Gasteiger partial charge is 0.485 e. The summed E-state index contributed by atoms with van der Waals surface area (Å²) in [5.74, 6) is 0.213. The van der Waals surface area contributed by atoms with Crippen molar-refractivity contribution in [1.82, 2.24) is 15.2 Å². The molecular weight excluding hydrogens is 489 g/mol. The number of nitrogens with one attached hydrogen (secondary N) is 1. The first-order valence-corrected chi connectivity index (χ1v) is 13.1. The molecule has 6 rings (SSSR count). The molecule has 9 heteroatoms. The number of pyridine rings is 1. The molecule has 6 nitrogen and oxygen atoms in total. The van der Waals surface area contributed by atoms with Crippen LogP contribution in [-0.4, -0.2) is 47.1 Å². The van der Waals surface area contributed by atoms with Crippen LogP contribution in [0.5, 0.6) is 5.75 Å². The van der Waals surface area contributed by atoms with E-state index in [4.69, 9.17) is 16.3 Å². The fourth-order valence-electron chi connectivity index (χ4n) is 5.63. The number of nitrogens with zero attached hydrogens (tertiary/aromatic N) is 2. The van der Waals surface area contributed by atoms with Gasteiger partial charge in [0.2, 0.25) is 11.8 Å². The second kappa shape index (κ2) is 8.84. The van der Waals surface area contributed by atoms with Crippen LogP contribution in [0.4, 0.5) is 4.39 Å². The minimum absolute atomic E-state index is 0.0461. The van der Waals surface area contributed by atoms with Gasteiger partial charge in [-0.05, 0) is 49.6 Å². The Bertz CT molecular complexity index is 1320. The Balaban J connectivity index is 1.37. The number of hydrogen-bond donors (Lipinski definition) is 1. The average Bonchev–Trinajstić information content (AvgIpc) is 3.60. The maximum atomic E-state index is 14.3. The number of hydrogen-bond acceptors (Lipinski definition) is 6. The highest BCUT2D eigenvalue weighted by molar-refractivity contribution is 7.19. The number of carbonyl (C=O) groups excluding carboxylic acids is 2. The Morgan fingerprint density at radius 2 is 1.94 bits per heavy atom. The van der Waals surface area contributed by atoms with Gasteiger partial charge >= 0.3 is 0 Å². The van der Waals surface area contributed by atoms with E-state index < -0.39 is 12.3 Å². The van der Waals surface area contributed by atoms with Crippen molar-refractivity contribution in [2.45, 2.75) is 45.0 Å². The van der Waals surface area contributed by atoms with Crippen molar-refractivity contribution < 1.29 is 18.7 Å². The van der Waals surface area contributed by atoms with Crippen LogP contribution in [0.3, 0.4) is 0 Å². The number of benzene rings is 1. The van der Waals surface area contributed by atoms with Crippen LogP contribution in [0.15, 0.2) is 30.5 Å². The highest BCUT2D eigenvalue weighted by Crippen LogP contribution is 2.44. The molecule has 0 bridgehead atoms. The number of rotatable bonds is 5. The highest BCUT2D eigenvalue weighted by atomic mass is 35.5. The number of carbonyl (C=O) groups is 2. The molecule has 35 heavy (non-hydrogen) atoms. The number of likely N-dealkylation sites (tertiary alicyclic amines) is 1. The van der Waals surface area contributed by atoms with Gasteiger partial charge in [-0.3, -0.25) is 19.5 Å². The number of aromatic nitrogens is 1. The third-order valence-corrected chi connectivity index (χ3v) is 8.71. The molecule has 1 aromatic carbocycles. The highest BCUT2D eigenvalue weighted by Gasteiger charge is 2.49. The second-order valence-electron chi connectivity index (χ2n) is 9.62. The lowest BCUT2D eigenvalue weighted by Crippen LogP contribution is -2.30. The molecule has 2 amide bonds. The molecule has 1 unspecified atom stereocenters. The van der Waals surface area contributed by atoms with Gasteiger partial charge in [-0.15, -0.1) is 11.3 Å². The van der Waals surface area contributed by atoms with Crippen LogP contribution < -0.4 is 10.1 Å². The number of halogens is 2. The van der Waals surface area contributed by atoms with E-state index in [1.807, 2.05) is 31.2 Å². The van der Waals surface area contributed by atoms with Gasteiger partial charge in [-0.25, -0.2) is 4.39 Å². The molecule has 182 valence electrons. The van der Waals surface area contributed by atoms with E-state index in [2.05, 4.69) is 10.3 Å². The van der Waals surface area contributed by atoms with Crippen LogP contribution in [-0.2, 0) is 16.1 Å². The molecule has 2 aliphatic heterocycles. The van der Waals surface area contributed by atoms with Gasteiger partial charge < -0.3 is 10.1 Å². The van der Waals surface area contributed by atoms with Gasteiger partial charge in [0.05, 0.1) is 28.6 Å². The molecule has 4 atom stereocenters. The van der Waals surface area contributed by atoms with Crippen molar-refractivity contribution in [2.24, 2.45) is 11.8 Å². The van der Waals surface area contributed by atoms with Gasteiger partial charge in [0.15, 0.2) is 6.17 Å². The average molecular weight is 514 g/mol. The molecule has 3 aliphatic rings. The van der Waals surface area contributed by atoms with Crippen LogP contribution >= 0.6 is 22.9 Å². The monoisotopic (exact) mass is 513 g/mol. The topological polar surface area (TPSA) is 71.5 Å². The van der Waals surface area contributed by atoms with E-state index in [0.717, 1.165) is 51.0 Å². The van der Waals surface area contributed by atoms with Gasteiger partial charge in [-0.1, -0.05) is 18.0 Å². The van der Waals surface area contributed by atoms with Crippen LogP contribution in [0, 0.1) is 18.8 Å². The Morgan fingerprint density at radius 3 is 2.66 bits per heavy atom. The van der Waals surface area contributed by atoms with Gasteiger partial charge in [0, 0.05) is 40.3 Å². The zero-order valence-electron chi connectivity index (χ0n) is 19.2. The molecule has 1 N–H and O–H groups in total. The molecule has 3 fully saturated rings. The summed E-state index contributed by atoms with van der Waals surface area (Å²) in [6.45, 7) is 2.88. The predicted molar refractivity (Wildman–Crippen MR) is 133 cm³/mol. The van der Waals surface area contributed by atoms with E-state index in [9.17, 15) is 14.0 Å². The second-order valence-corrected chi connectivity index (χ2v) is 11.2. The number of ether oxygens (including phenoxy) is 1. The number of imide groups is 1. The Labute approximate surface area is 211 Å². The fraction of sp³-hybridized carbons (Fsp3) is 0.423. The smallest absolute Gasteiger partial charge is 0.233 e. The minimum Gasteiger partial charge on any atom is -0.485 e. The minimum atomic E-state index is -1.08. The number of alkyl halides is 1. The molecule has 3 aromatic rings. The van der Waals surface area contributed by atoms with E-state index >= 15 is 0 Å². The summed E-state index contributed by atoms with van der Waals surface area (Å²) in [5, 5.41) is 3.59. The summed E-state index contributed by atoms with van der Waals surface area (Å²) >= 11 is 7.94. The third-order valence-electron chi connectivity index (χ3n) is 7.35. The molecule has 2 saturated heterocycles. The Hall–Kier alpha value is -2.55. The summed E-state index contributed by atoms with van der Waals surface area (Å²) in [4.78, 5) is 32.5. The van der Waals surface area contributed by atoms with Gasteiger partial charge in [0.25, 0.3) is 0 Å². The third kappa shape index (κ3) is 3.92. The van der Waals surface area contributed by atoms with Crippen molar-refractivity contribution >= 4 is 45.0 Å². The standard InChI is InChI=1S/C26H25ClFN3O3S/c1-13-7-14(27)8-19(23(13)34-22-11-29-10-20(22)28)16-5-6-30-21-9-15(35-24(16)21)12-31-25(32)17-3-2-4-18(17)26(31)33/h5-9,17-18,20,22,29H,2-4,10-12H2,1H3/t17-,18?,20+,22-/m1/s1. The molecule has 0 spiro atoms. The summed E-state index contributed by atoms with van der Waals surface area (Å²) in [5.41, 5.74) is 3.26. The maximum absolute atomic E-state index is 14.3. The molecule has 1 aliphatic carbocycles. The van der Waals surface area contributed by atoms with Gasteiger partial charge in [-0.2, -0.15) is 0 Å². The lowest BCUT2D eigenvalue weighted by molar-refractivity contribution is -0.140. The quantitative estimate of drug-likeness (QED) is 0.491. The van der Waals surface area contributed by atoms with Gasteiger partial charge in [0.1, 0.15) is 11.9 Å².